The van der Waals surface area contributed by atoms with Crippen LogP contribution in [0, 0.1) is 5.82 Å². The Balaban J connectivity index is 2.95. The molecule has 0 aliphatic rings. The second-order valence-corrected chi connectivity index (χ2v) is 3.30. The summed E-state index contributed by atoms with van der Waals surface area (Å²) in [7, 11) is 0. The van der Waals surface area contributed by atoms with Gasteiger partial charge in [0, 0.05) is 10.6 Å². The van der Waals surface area contributed by atoms with E-state index < -0.39 is 24.6 Å². The van der Waals surface area contributed by atoms with Gasteiger partial charge in [-0.2, -0.15) is 0 Å². The van der Waals surface area contributed by atoms with E-state index in [4.69, 9.17) is 21.8 Å². The Labute approximate surface area is 85.4 Å². The quantitative estimate of drug-likeness (QED) is 0.708. The minimum Gasteiger partial charge on any atom is -0.394 e. The first-order valence-electron chi connectivity index (χ1n) is 3.98. The molecule has 0 fully saturated rings. The first kappa shape index (κ1) is 11.4. The van der Waals surface area contributed by atoms with E-state index in [1.54, 1.807) is 0 Å². The zero-order chi connectivity index (χ0) is 10.7. The number of benzene rings is 1. The van der Waals surface area contributed by atoms with Gasteiger partial charge < -0.3 is 15.3 Å². The van der Waals surface area contributed by atoms with Crippen molar-refractivity contribution in [1.82, 2.24) is 0 Å². The zero-order valence-corrected chi connectivity index (χ0v) is 7.95. The summed E-state index contributed by atoms with van der Waals surface area (Å²) >= 11 is 5.50. The standard InChI is InChI=1S/C9H10ClFO3/c10-5-1-2-6(7(11)3-5)9(14)8(13)4-12/h1-3,8-9,12-14H,4H2. The van der Waals surface area contributed by atoms with Crippen LogP contribution in [0.1, 0.15) is 11.7 Å². The molecule has 2 atom stereocenters. The van der Waals surface area contributed by atoms with Crippen molar-refractivity contribution < 1.29 is 19.7 Å². The Kier molecular flexibility index (Phi) is 3.83. The third-order valence-electron chi connectivity index (χ3n) is 1.83. The Hall–Kier alpha value is -0.680. The summed E-state index contributed by atoms with van der Waals surface area (Å²) < 4.78 is 13.2. The molecule has 0 aliphatic carbocycles. The van der Waals surface area contributed by atoms with Crippen molar-refractivity contribution in [3.05, 3.63) is 34.6 Å². The molecule has 3 N–H and O–H groups in total. The van der Waals surface area contributed by atoms with Crippen LogP contribution >= 0.6 is 11.6 Å². The Morgan fingerprint density at radius 2 is 2.00 bits per heavy atom. The van der Waals surface area contributed by atoms with Crippen molar-refractivity contribution in [2.45, 2.75) is 12.2 Å². The number of hydrogen-bond donors (Lipinski definition) is 3. The molecule has 1 rings (SSSR count). The molecule has 0 saturated carbocycles. The summed E-state index contributed by atoms with van der Waals surface area (Å²) in [4.78, 5) is 0. The van der Waals surface area contributed by atoms with E-state index >= 15 is 0 Å². The maximum absolute atomic E-state index is 13.2. The van der Waals surface area contributed by atoms with Crippen LogP contribution in [0.2, 0.25) is 5.02 Å². The van der Waals surface area contributed by atoms with Crippen LogP contribution in [-0.4, -0.2) is 28.0 Å². The predicted octanol–water partition coefficient (Wildman–Crippen LogP) is 0.866. The molecule has 2 unspecified atom stereocenters. The van der Waals surface area contributed by atoms with Gasteiger partial charge in [-0.05, 0) is 12.1 Å². The molecule has 78 valence electrons. The average molecular weight is 221 g/mol. The highest BCUT2D eigenvalue weighted by Gasteiger charge is 2.20. The minimum absolute atomic E-state index is 0.0871. The third-order valence-corrected chi connectivity index (χ3v) is 2.07. The van der Waals surface area contributed by atoms with Crippen LogP contribution in [0.15, 0.2) is 18.2 Å². The summed E-state index contributed by atoms with van der Waals surface area (Å²) in [6.45, 7) is -0.636. The summed E-state index contributed by atoms with van der Waals surface area (Å²) in [6, 6.07) is 3.69. The molecule has 0 aromatic heterocycles. The van der Waals surface area contributed by atoms with Crippen LogP contribution < -0.4 is 0 Å². The lowest BCUT2D eigenvalue weighted by Crippen LogP contribution is -2.22. The normalized spacial score (nSPS) is 15.2. The van der Waals surface area contributed by atoms with Gasteiger partial charge in [0.15, 0.2) is 0 Å². The number of aliphatic hydroxyl groups excluding tert-OH is 3. The molecule has 1 aromatic rings. The summed E-state index contributed by atoms with van der Waals surface area (Å²) in [5.41, 5.74) is -0.0871. The van der Waals surface area contributed by atoms with Crippen molar-refractivity contribution in [2.24, 2.45) is 0 Å². The third kappa shape index (κ3) is 2.42. The Morgan fingerprint density at radius 1 is 1.36 bits per heavy atom. The maximum Gasteiger partial charge on any atom is 0.130 e. The Morgan fingerprint density at radius 3 is 2.50 bits per heavy atom. The SMILES string of the molecule is OCC(O)C(O)c1ccc(Cl)cc1F. The van der Waals surface area contributed by atoms with Crippen LogP contribution in [0.4, 0.5) is 4.39 Å². The van der Waals surface area contributed by atoms with E-state index in [0.29, 0.717) is 0 Å². The molecule has 3 nitrogen and oxygen atoms in total. The number of hydrogen-bond acceptors (Lipinski definition) is 3. The van der Waals surface area contributed by atoms with Gasteiger partial charge in [-0.1, -0.05) is 17.7 Å². The summed E-state index contributed by atoms with van der Waals surface area (Å²) in [5, 5.41) is 27.2. The molecule has 0 amide bonds. The van der Waals surface area contributed by atoms with Gasteiger partial charge in [0.1, 0.15) is 18.0 Å². The van der Waals surface area contributed by atoms with Gasteiger partial charge in [0.05, 0.1) is 6.61 Å². The summed E-state index contributed by atoms with van der Waals surface area (Å²) in [5.74, 6) is -0.711. The predicted molar refractivity (Wildman–Crippen MR) is 49.5 cm³/mol. The molecule has 14 heavy (non-hydrogen) atoms. The van der Waals surface area contributed by atoms with E-state index in [0.717, 1.165) is 6.07 Å². The minimum atomic E-state index is -1.45. The maximum atomic E-state index is 13.2. The van der Waals surface area contributed by atoms with Crippen LogP contribution in [0.3, 0.4) is 0 Å². The lowest BCUT2D eigenvalue weighted by molar-refractivity contribution is -0.0168. The molecule has 0 saturated heterocycles. The molecule has 1 aromatic carbocycles. The molecule has 0 spiro atoms. The first-order valence-corrected chi connectivity index (χ1v) is 4.36. The van der Waals surface area contributed by atoms with E-state index in [1.165, 1.54) is 12.1 Å². The number of aliphatic hydroxyl groups is 3. The van der Waals surface area contributed by atoms with Gasteiger partial charge >= 0.3 is 0 Å². The first-order chi connectivity index (χ1) is 6.56. The van der Waals surface area contributed by atoms with Crippen LogP contribution in [0.5, 0.6) is 0 Å². The second-order valence-electron chi connectivity index (χ2n) is 2.86. The molecule has 0 bridgehead atoms. The van der Waals surface area contributed by atoms with Crippen LogP contribution in [0.25, 0.3) is 0 Å². The van der Waals surface area contributed by atoms with Gasteiger partial charge in [-0.15, -0.1) is 0 Å². The molecule has 0 radical (unpaired) electrons. The smallest absolute Gasteiger partial charge is 0.130 e. The number of rotatable bonds is 3. The van der Waals surface area contributed by atoms with Gasteiger partial charge in [-0.25, -0.2) is 4.39 Å². The van der Waals surface area contributed by atoms with Crippen LogP contribution in [-0.2, 0) is 0 Å². The van der Waals surface area contributed by atoms with Crippen molar-refractivity contribution in [3.63, 3.8) is 0 Å². The number of halogens is 2. The zero-order valence-electron chi connectivity index (χ0n) is 7.19. The fourth-order valence-corrected chi connectivity index (χ4v) is 1.21. The highest BCUT2D eigenvalue weighted by Crippen LogP contribution is 2.22. The van der Waals surface area contributed by atoms with Crippen molar-refractivity contribution in [1.29, 1.82) is 0 Å². The highest BCUT2D eigenvalue weighted by molar-refractivity contribution is 6.30. The van der Waals surface area contributed by atoms with Crippen molar-refractivity contribution in [3.8, 4) is 0 Å². The second kappa shape index (κ2) is 4.70. The molecular formula is C9H10ClFO3. The topological polar surface area (TPSA) is 60.7 Å². The fourth-order valence-electron chi connectivity index (χ4n) is 1.05. The molecule has 0 heterocycles. The highest BCUT2D eigenvalue weighted by atomic mass is 35.5. The van der Waals surface area contributed by atoms with E-state index in [1.807, 2.05) is 0 Å². The molecule has 0 aliphatic heterocycles. The van der Waals surface area contributed by atoms with E-state index in [2.05, 4.69) is 0 Å². The van der Waals surface area contributed by atoms with E-state index in [-0.39, 0.29) is 10.6 Å². The van der Waals surface area contributed by atoms with E-state index in [9.17, 15) is 9.50 Å². The summed E-state index contributed by atoms with van der Waals surface area (Å²) in [6.07, 6.45) is -2.84. The lowest BCUT2D eigenvalue weighted by Gasteiger charge is -2.16. The van der Waals surface area contributed by atoms with Gasteiger partial charge in [0.25, 0.3) is 0 Å². The van der Waals surface area contributed by atoms with Gasteiger partial charge in [0.2, 0.25) is 0 Å². The average Bonchev–Trinajstić information content (AvgIpc) is 2.15. The fraction of sp³-hybridized carbons (Fsp3) is 0.333. The van der Waals surface area contributed by atoms with Crippen molar-refractivity contribution in [2.75, 3.05) is 6.61 Å². The molecular weight excluding hydrogens is 211 g/mol. The lowest BCUT2D eigenvalue weighted by atomic mass is 10.0. The molecule has 5 heteroatoms. The van der Waals surface area contributed by atoms with Gasteiger partial charge in [-0.3, -0.25) is 0 Å². The Bertz CT molecular complexity index is 319. The largest absolute Gasteiger partial charge is 0.394 e. The monoisotopic (exact) mass is 220 g/mol. The van der Waals surface area contributed by atoms with Crippen molar-refractivity contribution >= 4 is 11.6 Å².